The van der Waals surface area contributed by atoms with Gasteiger partial charge in [0, 0.05) is 37.6 Å². The van der Waals surface area contributed by atoms with Gasteiger partial charge >= 0.3 is 0 Å². The van der Waals surface area contributed by atoms with E-state index in [9.17, 15) is 14.7 Å². The Morgan fingerprint density at radius 1 is 1.03 bits per heavy atom. The van der Waals surface area contributed by atoms with Crippen molar-refractivity contribution in [2.24, 2.45) is 0 Å². The molecule has 0 spiro atoms. The number of piperazine rings is 1. The Morgan fingerprint density at radius 3 is 2.50 bits per heavy atom. The summed E-state index contributed by atoms with van der Waals surface area (Å²) in [5, 5.41) is 15.0. The highest BCUT2D eigenvalue weighted by Gasteiger charge is 2.23. The first-order chi connectivity index (χ1) is 15.6. The number of phenolic OH excluding ortho intramolecular Hbond substituents is 1. The number of benzene rings is 2. The SMILES string of the molecule is O=C(C=Cc1ccccc1)Nc1nc(CC(=O)N2CCN(c3ccccc3O)CC2)cs1. The monoisotopic (exact) mass is 448 g/mol. The van der Waals surface area contributed by atoms with E-state index in [-0.39, 0.29) is 24.0 Å². The molecule has 2 heterocycles. The third-order valence-corrected chi connectivity index (χ3v) is 6.00. The van der Waals surface area contributed by atoms with E-state index in [1.165, 1.54) is 17.4 Å². The molecule has 4 rings (SSSR count). The summed E-state index contributed by atoms with van der Waals surface area (Å²) < 4.78 is 0. The van der Waals surface area contributed by atoms with Crippen molar-refractivity contribution in [2.45, 2.75) is 6.42 Å². The van der Waals surface area contributed by atoms with Crippen LogP contribution in [-0.4, -0.2) is 53.0 Å². The number of carbonyl (C=O) groups excluding carboxylic acids is 2. The van der Waals surface area contributed by atoms with E-state index in [1.54, 1.807) is 23.6 Å². The number of aromatic nitrogens is 1. The molecule has 0 unspecified atom stereocenters. The maximum absolute atomic E-state index is 12.7. The number of carbonyl (C=O) groups is 2. The van der Waals surface area contributed by atoms with Crippen LogP contribution in [0, 0.1) is 0 Å². The van der Waals surface area contributed by atoms with Crippen LogP contribution in [0.3, 0.4) is 0 Å². The number of thiazole rings is 1. The number of anilines is 2. The zero-order valence-electron chi connectivity index (χ0n) is 17.5. The lowest BCUT2D eigenvalue weighted by molar-refractivity contribution is -0.130. The summed E-state index contributed by atoms with van der Waals surface area (Å²) in [5.41, 5.74) is 2.38. The molecule has 1 fully saturated rings. The third-order valence-electron chi connectivity index (χ3n) is 5.20. The van der Waals surface area contributed by atoms with Crippen LogP contribution in [0.5, 0.6) is 5.75 Å². The molecule has 2 amide bonds. The molecule has 1 aliphatic rings. The quantitative estimate of drug-likeness (QED) is 0.565. The Hall–Kier alpha value is -3.65. The van der Waals surface area contributed by atoms with Crippen molar-refractivity contribution in [2.75, 3.05) is 36.4 Å². The fourth-order valence-corrected chi connectivity index (χ4v) is 4.24. The van der Waals surface area contributed by atoms with Gasteiger partial charge in [0.15, 0.2) is 5.13 Å². The van der Waals surface area contributed by atoms with Crippen molar-refractivity contribution >= 4 is 40.0 Å². The van der Waals surface area contributed by atoms with Gasteiger partial charge in [0.1, 0.15) is 5.75 Å². The highest BCUT2D eigenvalue weighted by Crippen LogP contribution is 2.27. The Labute approximate surface area is 190 Å². The first kappa shape index (κ1) is 21.6. The molecule has 2 N–H and O–H groups in total. The molecule has 0 saturated carbocycles. The number of hydrogen-bond donors (Lipinski definition) is 2. The van der Waals surface area contributed by atoms with Crippen molar-refractivity contribution in [3.8, 4) is 5.75 Å². The molecular formula is C24H24N4O3S. The summed E-state index contributed by atoms with van der Waals surface area (Å²) in [7, 11) is 0. The Balaban J connectivity index is 1.26. The third kappa shape index (κ3) is 5.53. The first-order valence-corrected chi connectivity index (χ1v) is 11.3. The fourth-order valence-electron chi connectivity index (χ4n) is 3.52. The van der Waals surface area contributed by atoms with E-state index in [2.05, 4.69) is 15.2 Å². The molecule has 32 heavy (non-hydrogen) atoms. The van der Waals surface area contributed by atoms with Gasteiger partial charge in [-0.25, -0.2) is 4.98 Å². The van der Waals surface area contributed by atoms with Crippen LogP contribution in [0.4, 0.5) is 10.8 Å². The lowest BCUT2D eigenvalue weighted by Gasteiger charge is -2.36. The van der Waals surface area contributed by atoms with Crippen molar-refractivity contribution < 1.29 is 14.7 Å². The van der Waals surface area contributed by atoms with E-state index in [0.29, 0.717) is 37.0 Å². The number of nitrogens with one attached hydrogen (secondary N) is 1. The maximum atomic E-state index is 12.7. The summed E-state index contributed by atoms with van der Waals surface area (Å²) in [6.45, 7) is 2.50. The van der Waals surface area contributed by atoms with E-state index in [4.69, 9.17) is 0 Å². The summed E-state index contributed by atoms with van der Waals surface area (Å²) in [6, 6.07) is 16.8. The van der Waals surface area contributed by atoms with Crippen molar-refractivity contribution in [3.05, 3.63) is 77.3 Å². The van der Waals surface area contributed by atoms with Gasteiger partial charge in [0.2, 0.25) is 11.8 Å². The second kappa shape index (κ2) is 10.1. The summed E-state index contributed by atoms with van der Waals surface area (Å²) in [5.74, 6) is -0.00149. The molecule has 2 aromatic carbocycles. The van der Waals surface area contributed by atoms with Gasteiger partial charge in [-0.2, -0.15) is 0 Å². The predicted molar refractivity (Wildman–Crippen MR) is 127 cm³/mol. The van der Waals surface area contributed by atoms with Crippen molar-refractivity contribution in [1.82, 2.24) is 9.88 Å². The van der Waals surface area contributed by atoms with Crippen LogP contribution in [0.25, 0.3) is 6.08 Å². The highest BCUT2D eigenvalue weighted by atomic mass is 32.1. The lowest BCUT2D eigenvalue weighted by Crippen LogP contribution is -2.49. The number of amides is 2. The Morgan fingerprint density at radius 2 is 1.75 bits per heavy atom. The number of phenols is 1. The lowest BCUT2D eigenvalue weighted by atomic mass is 10.2. The Kier molecular flexibility index (Phi) is 6.81. The topological polar surface area (TPSA) is 85.8 Å². The second-order valence-corrected chi connectivity index (χ2v) is 8.27. The smallest absolute Gasteiger partial charge is 0.250 e. The van der Waals surface area contributed by atoms with Gasteiger partial charge in [-0.1, -0.05) is 42.5 Å². The molecule has 8 heteroatoms. The summed E-state index contributed by atoms with van der Waals surface area (Å²) >= 11 is 1.30. The number of rotatable bonds is 6. The highest BCUT2D eigenvalue weighted by molar-refractivity contribution is 7.14. The van der Waals surface area contributed by atoms with Crippen LogP contribution in [0.2, 0.25) is 0 Å². The number of hydrogen-bond acceptors (Lipinski definition) is 6. The largest absolute Gasteiger partial charge is 0.506 e. The van der Waals surface area contributed by atoms with E-state index < -0.39 is 0 Å². The molecule has 3 aromatic rings. The summed E-state index contributed by atoms with van der Waals surface area (Å²) in [6.07, 6.45) is 3.40. The van der Waals surface area contributed by atoms with Crippen LogP contribution < -0.4 is 10.2 Å². The van der Waals surface area contributed by atoms with Gasteiger partial charge in [-0.3, -0.25) is 14.9 Å². The second-order valence-electron chi connectivity index (χ2n) is 7.41. The van der Waals surface area contributed by atoms with Gasteiger partial charge in [0.05, 0.1) is 17.8 Å². The number of para-hydroxylation sites is 2. The average molecular weight is 449 g/mol. The molecule has 0 bridgehead atoms. The van der Waals surface area contributed by atoms with Crippen molar-refractivity contribution in [1.29, 1.82) is 0 Å². The van der Waals surface area contributed by atoms with E-state index >= 15 is 0 Å². The molecule has 0 radical (unpaired) electrons. The van der Waals surface area contributed by atoms with Gasteiger partial charge in [-0.15, -0.1) is 11.3 Å². The number of aromatic hydroxyl groups is 1. The first-order valence-electron chi connectivity index (χ1n) is 10.4. The molecule has 0 atom stereocenters. The van der Waals surface area contributed by atoms with E-state index in [1.807, 2.05) is 47.4 Å². The molecular weight excluding hydrogens is 424 g/mol. The van der Waals surface area contributed by atoms with Crippen LogP contribution in [-0.2, 0) is 16.0 Å². The zero-order valence-corrected chi connectivity index (χ0v) is 18.3. The molecule has 0 aliphatic carbocycles. The van der Waals surface area contributed by atoms with Gasteiger partial charge < -0.3 is 14.9 Å². The molecule has 1 aromatic heterocycles. The van der Waals surface area contributed by atoms with Crippen LogP contribution >= 0.6 is 11.3 Å². The minimum atomic E-state index is -0.263. The minimum absolute atomic E-state index is 0.00841. The molecule has 7 nitrogen and oxygen atoms in total. The van der Waals surface area contributed by atoms with Crippen LogP contribution in [0.15, 0.2) is 66.1 Å². The Bertz CT molecular complexity index is 1110. The van der Waals surface area contributed by atoms with Gasteiger partial charge in [0.25, 0.3) is 0 Å². The average Bonchev–Trinajstić information content (AvgIpc) is 3.25. The fraction of sp³-hybridized carbons (Fsp3) is 0.208. The molecule has 1 aliphatic heterocycles. The normalized spacial score (nSPS) is 14.0. The number of nitrogens with zero attached hydrogens (tertiary/aromatic N) is 3. The predicted octanol–water partition coefficient (Wildman–Crippen LogP) is 3.39. The van der Waals surface area contributed by atoms with Gasteiger partial charge in [-0.05, 0) is 23.8 Å². The standard InChI is InChI=1S/C24H24N4O3S/c29-21-9-5-4-8-20(21)27-12-14-28(15-13-27)23(31)16-19-17-32-24(25-19)26-22(30)11-10-18-6-2-1-3-7-18/h1-11,17,29H,12-16H2,(H,25,26,30). The molecule has 164 valence electrons. The van der Waals surface area contributed by atoms with Crippen LogP contribution in [0.1, 0.15) is 11.3 Å². The van der Waals surface area contributed by atoms with Crippen molar-refractivity contribution in [3.63, 3.8) is 0 Å². The summed E-state index contributed by atoms with van der Waals surface area (Å²) in [4.78, 5) is 33.1. The molecule has 1 saturated heterocycles. The maximum Gasteiger partial charge on any atom is 0.250 e. The van der Waals surface area contributed by atoms with E-state index in [0.717, 1.165) is 11.3 Å². The minimum Gasteiger partial charge on any atom is -0.506 e. The zero-order chi connectivity index (χ0) is 22.3.